The summed E-state index contributed by atoms with van der Waals surface area (Å²) in [5.74, 6) is 0.991. The van der Waals surface area contributed by atoms with Crippen molar-refractivity contribution < 1.29 is 9.53 Å². The first-order valence-corrected chi connectivity index (χ1v) is 10.9. The highest BCUT2D eigenvalue weighted by atomic mass is 79.9. The van der Waals surface area contributed by atoms with E-state index >= 15 is 0 Å². The molecule has 0 atom stereocenters. The molecular weight excluding hydrogens is 400 g/mol. The Bertz CT molecular complexity index is 719. The predicted octanol–water partition coefficient (Wildman–Crippen LogP) is 7.07. The van der Waals surface area contributed by atoms with Gasteiger partial charge in [-0.25, -0.2) is 0 Å². The van der Waals surface area contributed by atoms with Crippen LogP contribution in [0.15, 0.2) is 54.6 Å². The van der Waals surface area contributed by atoms with Crippen molar-refractivity contribution in [1.29, 1.82) is 0 Å². The zero-order valence-corrected chi connectivity index (χ0v) is 17.7. The van der Waals surface area contributed by atoms with E-state index in [0.29, 0.717) is 0 Å². The van der Waals surface area contributed by atoms with Gasteiger partial charge in [-0.15, -0.1) is 0 Å². The lowest BCUT2D eigenvalue weighted by Crippen LogP contribution is -1.99. The van der Waals surface area contributed by atoms with Gasteiger partial charge in [0, 0.05) is 10.9 Å². The topological polar surface area (TPSA) is 26.3 Å². The highest BCUT2D eigenvalue weighted by molar-refractivity contribution is 9.09. The fraction of sp³-hybridized carbons (Fsp3) is 0.375. The van der Waals surface area contributed by atoms with Gasteiger partial charge in [0.2, 0.25) is 0 Å². The van der Waals surface area contributed by atoms with Crippen molar-refractivity contribution in [1.82, 2.24) is 0 Å². The molecular formula is C24H29BrO2. The van der Waals surface area contributed by atoms with E-state index in [9.17, 15) is 4.79 Å². The van der Waals surface area contributed by atoms with E-state index in [4.69, 9.17) is 4.74 Å². The van der Waals surface area contributed by atoms with Crippen LogP contribution in [0.1, 0.15) is 51.0 Å². The van der Waals surface area contributed by atoms with Crippen LogP contribution in [0, 0.1) is 0 Å². The molecule has 0 saturated heterocycles. The molecule has 0 heterocycles. The molecule has 0 saturated carbocycles. The minimum absolute atomic E-state index is 0.0564. The fourth-order valence-corrected chi connectivity index (χ4v) is 3.30. The minimum Gasteiger partial charge on any atom is -0.493 e. The lowest BCUT2D eigenvalue weighted by Gasteiger charge is -2.12. The van der Waals surface area contributed by atoms with Crippen LogP contribution < -0.4 is 4.74 Å². The lowest BCUT2D eigenvalue weighted by atomic mass is 10.0. The molecule has 0 unspecified atom stereocenters. The van der Waals surface area contributed by atoms with Crippen molar-refractivity contribution in [2.45, 2.75) is 45.4 Å². The molecule has 0 radical (unpaired) electrons. The molecule has 0 bridgehead atoms. The summed E-state index contributed by atoms with van der Waals surface area (Å²) in [6.07, 6.45) is 10.9. The first-order chi connectivity index (χ1) is 13.2. The van der Waals surface area contributed by atoms with Crippen LogP contribution in [-0.4, -0.2) is 17.7 Å². The van der Waals surface area contributed by atoms with Gasteiger partial charge in [-0.1, -0.05) is 90.2 Å². The van der Waals surface area contributed by atoms with E-state index in [0.717, 1.165) is 40.8 Å². The van der Waals surface area contributed by atoms with E-state index in [1.54, 1.807) is 13.0 Å². The van der Waals surface area contributed by atoms with Crippen LogP contribution in [0.3, 0.4) is 0 Å². The van der Waals surface area contributed by atoms with Crippen LogP contribution in [0.2, 0.25) is 0 Å². The van der Waals surface area contributed by atoms with E-state index in [1.165, 1.54) is 32.1 Å². The smallest absolute Gasteiger partial charge is 0.152 e. The number of carbonyl (C=O) groups is 1. The Hall–Kier alpha value is -1.87. The SMILES string of the molecule is CC(=O)/C=C/c1ccc(-c2ccccc2OCCCCCCCCBr)cc1. The average molecular weight is 429 g/mol. The molecule has 2 aromatic rings. The van der Waals surface area contributed by atoms with E-state index in [2.05, 4.69) is 34.1 Å². The molecule has 0 N–H and O–H groups in total. The molecule has 0 aliphatic carbocycles. The van der Waals surface area contributed by atoms with Gasteiger partial charge in [0.25, 0.3) is 0 Å². The number of ether oxygens (including phenoxy) is 1. The second-order valence-electron chi connectivity index (χ2n) is 6.72. The number of allylic oxidation sites excluding steroid dienone is 1. The quantitative estimate of drug-likeness (QED) is 0.205. The third-order valence-corrected chi connectivity index (χ3v) is 4.97. The summed E-state index contributed by atoms with van der Waals surface area (Å²) in [4.78, 5) is 11.1. The zero-order chi connectivity index (χ0) is 19.3. The maximum absolute atomic E-state index is 11.1. The van der Waals surface area contributed by atoms with Crippen LogP contribution in [-0.2, 0) is 4.79 Å². The van der Waals surface area contributed by atoms with Crippen molar-refractivity contribution in [3.8, 4) is 16.9 Å². The predicted molar refractivity (Wildman–Crippen MR) is 119 cm³/mol. The number of rotatable bonds is 12. The fourth-order valence-electron chi connectivity index (χ4n) is 2.90. The van der Waals surface area contributed by atoms with Crippen molar-refractivity contribution in [3.05, 3.63) is 60.2 Å². The maximum atomic E-state index is 11.1. The molecule has 2 aromatic carbocycles. The number of halogens is 1. The molecule has 0 aromatic heterocycles. The molecule has 0 amide bonds. The standard InChI is InChI=1S/C24H29BrO2/c1-20(26)12-13-21-14-16-22(17-15-21)23-10-6-7-11-24(23)27-19-9-5-3-2-4-8-18-25/h6-7,10-17H,2-5,8-9,18-19H2,1H3/b13-12+. The number of alkyl halides is 1. The summed E-state index contributed by atoms with van der Waals surface area (Å²) >= 11 is 3.48. The van der Waals surface area contributed by atoms with Crippen molar-refractivity contribution in [2.75, 3.05) is 11.9 Å². The third-order valence-electron chi connectivity index (χ3n) is 4.40. The molecule has 2 nitrogen and oxygen atoms in total. The molecule has 0 spiro atoms. The summed E-state index contributed by atoms with van der Waals surface area (Å²) in [6, 6.07) is 16.4. The summed E-state index contributed by atoms with van der Waals surface area (Å²) < 4.78 is 6.06. The number of unbranched alkanes of at least 4 members (excludes halogenated alkanes) is 5. The van der Waals surface area contributed by atoms with Gasteiger partial charge in [0.15, 0.2) is 5.78 Å². The number of carbonyl (C=O) groups excluding carboxylic acids is 1. The number of para-hydroxylation sites is 1. The number of benzene rings is 2. The molecule has 0 aliphatic heterocycles. The van der Waals surface area contributed by atoms with Crippen molar-refractivity contribution >= 4 is 27.8 Å². The van der Waals surface area contributed by atoms with Gasteiger partial charge < -0.3 is 4.74 Å². The zero-order valence-electron chi connectivity index (χ0n) is 16.1. The van der Waals surface area contributed by atoms with Gasteiger partial charge in [-0.3, -0.25) is 4.79 Å². The monoisotopic (exact) mass is 428 g/mol. The molecule has 144 valence electrons. The Labute approximate surface area is 171 Å². The minimum atomic E-state index is 0.0564. The maximum Gasteiger partial charge on any atom is 0.152 e. The Kier molecular flexibility index (Phi) is 9.93. The first-order valence-electron chi connectivity index (χ1n) is 9.77. The summed E-state index contributed by atoms with van der Waals surface area (Å²) in [5.41, 5.74) is 3.25. The van der Waals surface area contributed by atoms with Gasteiger partial charge in [0.05, 0.1) is 6.61 Å². The third kappa shape index (κ3) is 8.13. The van der Waals surface area contributed by atoms with E-state index in [1.807, 2.05) is 36.4 Å². The van der Waals surface area contributed by atoms with Gasteiger partial charge in [0.1, 0.15) is 5.75 Å². The van der Waals surface area contributed by atoms with Crippen molar-refractivity contribution in [2.24, 2.45) is 0 Å². The molecule has 0 fully saturated rings. The summed E-state index contributed by atoms with van der Waals surface area (Å²) in [7, 11) is 0. The molecule has 27 heavy (non-hydrogen) atoms. The van der Waals surface area contributed by atoms with E-state index < -0.39 is 0 Å². The average Bonchev–Trinajstić information content (AvgIpc) is 2.69. The highest BCUT2D eigenvalue weighted by Gasteiger charge is 2.05. The van der Waals surface area contributed by atoms with Crippen molar-refractivity contribution in [3.63, 3.8) is 0 Å². The molecule has 0 aliphatic rings. The van der Waals surface area contributed by atoms with Crippen LogP contribution in [0.25, 0.3) is 17.2 Å². The number of ketones is 1. The van der Waals surface area contributed by atoms with Gasteiger partial charge >= 0.3 is 0 Å². The van der Waals surface area contributed by atoms with Crippen LogP contribution in [0.5, 0.6) is 5.75 Å². The summed E-state index contributed by atoms with van der Waals surface area (Å²) in [6.45, 7) is 2.32. The second kappa shape index (κ2) is 12.5. The van der Waals surface area contributed by atoms with Crippen LogP contribution in [0.4, 0.5) is 0 Å². The Morgan fingerprint density at radius 1 is 0.926 bits per heavy atom. The second-order valence-corrected chi connectivity index (χ2v) is 7.51. The Morgan fingerprint density at radius 2 is 1.59 bits per heavy atom. The number of hydrogen-bond acceptors (Lipinski definition) is 2. The molecule has 3 heteroatoms. The Balaban J connectivity index is 1.88. The summed E-state index contributed by atoms with van der Waals surface area (Å²) in [5, 5.41) is 1.11. The Morgan fingerprint density at radius 3 is 2.30 bits per heavy atom. The molecule has 2 rings (SSSR count). The lowest BCUT2D eigenvalue weighted by molar-refractivity contribution is -0.112. The van der Waals surface area contributed by atoms with Crippen LogP contribution >= 0.6 is 15.9 Å². The highest BCUT2D eigenvalue weighted by Crippen LogP contribution is 2.30. The normalized spacial score (nSPS) is 11.0. The van der Waals surface area contributed by atoms with Gasteiger partial charge in [-0.2, -0.15) is 0 Å². The first kappa shape index (κ1) is 21.4. The number of hydrogen-bond donors (Lipinski definition) is 0. The van der Waals surface area contributed by atoms with E-state index in [-0.39, 0.29) is 5.78 Å². The largest absolute Gasteiger partial charge is 0.493 e. The van der Waals surface area contributed by atoms with Gasteiger partial charge in [-0.05, 0) is 43.0 Å².